The van der Waals surface area contributed by atoms with Crippen molar-refractivity contribution in [2.24, 2.45) is 17.6 Å². The highest BCUT2D eigenvalue weighted by Crippen LogP contribution is 2.13. The predicted octanol–water partition coefficient (Wildman–Crippen LogP) is 0.450. The molecule has 0 bridgehead atoms. The Kier molecular flexibility index (Phi) is 4.47. The van der Waals surface area contributed by atoms with Gasteiger partial charge in [0.2, 0.25) is 5.91 Å². The molecule has 86 valence electrons. The van der Waals surface area contributed by atoms with E-state index in [4.69, 9.17) is 22.7 Å². The fourth-order valence-corrected chi connectivity index (χ4v) is 2.08. The van der Waals surface area contributed by atoms with E-state index >= 15 is 0 Å². The molecule has 0 aromatic heterocycles. The van der Waals surface area contributed by atoms with Gasteiger partial charge in [0.1, 0.15) is 0 Å². The molecule has 1 fully saturated rings. The summed E-state index contributed by atoms with van der Waals surface area (Å²) in [6, 6.07) is 0.119. The molecule has 5 heteroatoms. The highest BCUT2D eigenvalue weighted by atomic mass is 32.1. The maximum Gasteiger partial charge on any atom is 0.230 e. The predicted molar refractivity (Wildman–Crippen MR) is 62.5 cm³/mol. The molecule has 1 aliphatic rings. The Morgan fingerprint density at radius 1 is 1.60 bits per heavy atom. The number of thiocarbonyl (C=S) groups is 1. The van der Waals surface area contributed by atoms with E-state index in [9.17, 15) is 4.79 Å². The summed E-state index contributed by atoms with van der Waals surface area (Å²) in [5.74, 6) is -0.321. The lowest BCUT2D eigenvalue weighted by atomic mass is 9.94. The average Bonchev–Trinajstić information content (AvgIpc) is 2.54. The molecule has 1 saturated heterocycles. The summed E-state index contributed by atoms with van der Waals surface area (Å²) in [5.41, 5.74) is 5.55. The first kappa shape index (κ1) is 12.4. The lowest BCUT2D eigenvalue weighted by molar-refractivity contribution is -0.124. The van der Waals surface area contributed by atoms with Gasteiger partial charge in [-0.15, -0.1) is 0 Å². The lowest BCUT2D eigenvalue weighted by Gasteiger charge is -2.20. The summed E-state index contributed by atoms with van der Waals surface area (Å²) in [7, 11) is 0. The highest BCUT2D eigenvalue weighted by Gasteiger charge is 2.27. The first-order valence-corrected chi connectivity index (χ1v) is 5.60. The summed E-state index contributed by atoms with van der Waals surface area (Å²) < 4.78 is 5.18. The van der Waals surface area contributed by atoms with Crippen LogP contribution in [-0.4, -0.2) is 30.2 Å². The van der Waals surface area contributed by atoms with Crippen LogP contribution in [0, 0.1) is 11.8 Å². The highest BCUT2D eigenvalue weighted by molar-refractivity contribution is 7.80. The molecule has 0 spiro atoms. The SMILES string of the molecule is CC(C)C(C(=O)NC1CCOC1)C(N)=S. The minimum atomic E-state index is -0.374. The second-order valence-corrected chi connectivity index (χ2v) is 4.66. The van der Waals surface area contributed by atoms with Crippen molar-refractivity contribution in [2.45, 2.75) is 26.3 Å². The normalized spacial score (nSPS) is 22.7. The number of hydrogen-bond donors (Lipinski definition) is 2. The second kappa shape index (κ2) is 5.42. The second-order valence-electron chi connectivity index (χ2n) is 4.19. The van der Waals surface area contributed by atoms with Crippen LogP contribution in [0.5, 0.6) is 0 Å². The first-order valence-electron chi connectivity index (χ1n) is 5.19. The van der Waals surface area contributed by atoms with Gasteiger partial charge in [0.15, 0.2) is 0 Å². The van der Waals surface area contributed by atoms with Crippen LogP contribution in [0.25, 0.3) is 0 Å². The van der Waals surface area contributed by atoms with Gasteiger partial charge in [-0.25, -0.2) is 0 Å². The van der Waals surface area contributed by atoms with E-state index < -0.39 is 0 Å². The Morgan fingerprint density at radius 2 is 2.27 bits per heavy atom. The Hall–Kier alpha value is -0.680. The Bertz CT molecular complexity index is 250. The number of carbonyl (C=O) groups is 1. The van der Waals surface area contributed by atoms with Crippen LogP contribution in [0.1, 0.15) is 20.3 Å². The van der Waals surface area contributed by atoms with E-state index in [2.05, 4.69) is 5.32 Å². The monoisotopic (exact) mass is 230 g/mol. The molecular formula is C10H18N2O2S. The van der Waals surface area contributed by atoms with Crippen LogP contribution in [0.15, 0.2) is 0 Å². The Morgan fingerprint density at radius 3 is 2.67 bits per heavy atom. The van der Waals surface area contributed by atoms with Gasteiger partial charge in [0.25, 0.3) is 0 Å². The van der Waals surface area contributed by atoms with Crippen LogP contribution < -0.4 is 11.1 Å². The molecule has 15 heavy (non-hydrogen) atoms. The van der Waals surface area contributed by atoms with Crippen LogP contribution >= 0.6 is 12.2 Å². The molecule has 0 aromatic carbocycles. The first-order chi connectivity index (χ1) is 7.02. The fraction of sp³-hybridized carbons (Fsp3) is 0.800. The summed E-state index contributed by atoms with van der Waals surface area (Å²) in [6.45, 7) is 5.18. The van der Waals surface area contributed by atoms with Crippen molar-refractivity contribution in [1.82, 2.24) is 5.32 Å². The molecule has 0 aliphatic carbocycles. The van der Waals surface area contributed by atoms with E-state index in [1.807, 2.05) is 13.8 Å². The fourth-order valence-electron chi connectivity index (χ4n) is 1.70. The molecule has 2 atom stereocenters. The number of rotatable bonds is 4. The quantitative estimate of drug-likeness (QED) is 0.688. The van der Waals surface area contributed by atoms with E-state index in [1.165, 1.54) is 0 Å². The zero-order valence-electron chi connectivity index (χ0n) is 9.16. The number of amides is 1. The van der Waals surface area contributed by atoms with Gasteiger partial charge in [0.05, 0.1) is 23.6 Å². The number of carbonyl (C=O) groups excluding carboxylic acids is 1. The zero-order chi connectivity index (χ0) is 11.4. The minimum absolute atomic E-state index is 0.0759. The van der Waals surface area contributed by atoms with Gasteiger partial charge in [0, 0.05) is 6.61 Å². The number of nitrogens with two attached hydrogens (primary N) is 1. The van der Waals surface area contributed by atoms with Gasteiger partial charge in [-0.3, -0.25) is 4.79 Å². The third kappa shape index (κ3) is 3.43. The number of hydrogen-bond acceptors (Lipinski definition) is 3. The van der Waals surface area contributed by atoms with Gasteiger partial charge in [-0.2, -0.15) is 0 Å². The molecule has 0 saturated carbocycles. The van der Waals surface area contributed by atoms with Gasteiger partial charge >= 0.3 is 0 Å². The van der Waals surface area contributed by atoms with Crippen molar-refractivity contribution in [3.8, 4) is 0 Å². The zero-order valence-corrected chi connectivity index (χ0v) is 9.97. The largest absolute Gasteiger partial charge is 0.393 e. The third-order valence-corrected chi connectivity index (χ3v) is 2.79. The van der Waals surface area contributed by atoms with Crippen molar-refractivity contribution >= 4 is 23.1 Å². The number of ether oxygens (including phenoxy) is 1. The minimum Gasteiger partial charge on any atom is -0.393 e. The van der Waals surface area contributed by atoms with E-state index in [1.54, 1.807) is 0 Å². The molecule has 0 aromatic rings. The molecule has 0 radical (unpaired) electrons. The molecular weight excluding hydrogens is 212 g/mol. The van der Waals surface area contributed by atoms with Crippen molar-refractivity contribution in [2.75, 3.05) is 13.2 Å². The van der Waals surface area contributed by atoms with Crippen LogP contribution in [0.4, 0.5) is 0 Å². The van der Waals surface area contributed by atoms with Gasteiger partial charge < -0.3 is 15.8 Å². The summed E-state index contributed by atoms with van der Waals surface area (Å²) >= 11 is 4.90. The Balaban J connectivity index is 2.52. The molecule has 3 N–H and O–H groups in total. The molecule has 1 amide bonds. The average molecular weight is 230 g/mol. The van der Waals surface area contributed by atoms with Crippen molar-refractivity contribution < 1.29 is 9.53 Å². The smallest absolute Gasteiger partial charge is 0.230 e. The maximum absolute atomic E-state index is 11.8. The van der Waals surface area contributed by atoms with Gasteiger partial charge in [-0.05, 0) is 12.3 Å². The molecule has 1 heterocycles. The maximum atomic E-state index is 11.8. The van der Waals surface area contributed by atoms with E-state index in [-0.39, 0.29) is 28.8 Å². The van der Waals surface area contributed by atoms with Crippen LogP contribution in [-0.2, 0) is 9.53 Å². The van der Waals surface area contributed by atoms with Crippen molar-refractivity contribution in [1.29, 1.82) is 0 Å². The number of nitrogens with one attached hydrogen (secondary N) is 1. The third-order valence-electron chi connectivity index (χ3n) is 2.53. The molecule has 1 aliphatic heterocycles. The van der Waals surface area contributed by atoms with Crippen LogP contribution in [0.2, 0.25) is 0 Å². The standard InChI is InChI=1S/C10H18N2O2S/c1-6(2)8(9(11)15)10(13)12-7-3-4-14-5-7/h6-8H,3-5H2,1-2H3,(H2,11,15)(H,12,13). The van der Waals surface area contributed by atoms with Gasteiger partial charge in [-0.1, -0.05) is 26.1 Å². The summed E-state index contributed by atoms with van der Waals surface area (Å²) in [6.07, 6.45) is 0.869. The topological polar surface area (TPSA) is 64.3 Å². The molecule has 2 unspecified atom stereocenters. The van der Waals surface area contributed by atoms with E-state index in [0.717, 1.165) is 6.42 Å². The molecule has 4 nitrogen and oxygen atoms in total. The summed E-state index contributed by atoms with van der Waals surface area (Å²) in [5, 5.41) is 2.91. The summed E-state index contributed by atoms with van der Waals surface area (Å²) in [4.78, 5) is 12.1. The Labute approximate surface area is 95.5 Å². The van der Waals surface area contributed by atoms with Crippen LogP contribution in [0.3, 0.4) is 0 Å². The lowest BCUT2D eigenvalue weighted by Crippen LogP contribution is -2.45. The van der Waals surface area contributed by atoms with E-state index in [0.29, 0.717) is 13.2 Å². The van der Waals surface area contributed by atoms with Crippen molar-refractivity contribution in [3.63, 3.8) is 0 Å². The molecule has 1 rings (SSSR count). The van der Waals surface area contributed by atoms with Crippen molar-refractivity contribution in [3.05, 3.63) is 0 Å².